The SMILES string of the molecule is CCC(N)C(c1cccc(OC)c1)N1CCOCC1(C)C. The number of ether oxygens (including phenoxy) is 2. The molecule has 118 valence electrons. The third-order valence-corrected chi connectivity index (χ3v) is 4.36. The fourth-order valence-electron chi connectivity index (χ4n) is 3.09. The van der Waals surface area contributed by atoms with Gasteiger partial charge in [-0.1, -0.05) is 19.1 Å². The lowest BCUT2D eigenvalue weighted by molar-refractivity contribution is -0.0777. The van der Waals surface area contributed by atoms with Crippen molar-refractivity contribution in [3.63, 3.8) is 0 Å². The van der Waals surface area contributed by atoms with Crippen LogP contribution in [0.25, 0.3) is 0 Å². The minimum atomic E-state index is -0.0151. The van der Waals surface area contributed by atoms with E-state index >= 15 is 0 Å². The van der Waals surface area contributed by atoms with E-state index in [0.29, 0.717) is 0 Å². The lowest BCUT2D eigenvalue weighted by Gasteiger charge is -2.48. The van der Waals surface area contributed by atoms with Gasteiger partial charge < -0.3 is 15.2 Å². The maximum Gasteiger partial charge on any atom is 0.119 e. The Morgan fingerprint density at radius 1 is 1.43 bits per heavy atom. The monoisotopic (exact) mass is 292 g/mol. The molecule has 0 radical (unpaired) electrons. The molecule has 0 aliphatic carbocycles. The van der Waals surface area contributed by atoms with E-state index in [4.69, 9.17) is 15.2 Å². The number of benzene rings is 1. The highest BCUT2D eigenvalue weighted by atomic mass is 16.5. The smallest absolute Gasteiger partial charge is 0.119 e. The van der Waals surface area contributed by atoms with Crippen LogP contribution in [0.1, 0.15) is 38.8 Å². The maximum absolute atomic E-state index is 6.47. The predicted molar refractivity (Wildman–Crippen MR) is 85.6 cm³/mol. The quantitative estimate of drug-likeness (QED) is 0.906. The van der Waals surface area contributed by atoms with Crippen LogP contribution in [-0.2, 0) is 4.74 Å². The number of morpholine rings is 1. The summed E-state index contributed by atoms with van der Waals surface area (Å²) in [6.45, 7) is 9.00. The zero-order chi connectivity index (χ0) is 15.5. The maximum atomic E-state index is 6.47. The van der Waals surface area contributed by atoms with Crippen LogP contribution in [0.2, 0.25) is 0 Å². The summed E-state index contributed by atoms with van der Waals surface area (Å²) in [7, 11) is 1.70. The van der Waals surface area contributed by atoms with Gasteiger partial charge in [-0.3, -0.25) is 4.90 Å². The Balaban J connectivity index is 2.37. The Labute approximate surface area is 128 Å². The zero-order valence-electron chi connectivity index (χ0n) is 13.6. The Hall–Kier alpha value is -1.10. The van der Waals surface area contributed by atoms with Gasteiger partial charge in [-0.15, -0.1) is 0 Å². The van der Waals surface area contributed by atoms with Crippen LogP contribution in [-0.4, -0.2) is 43.3 Å². The Morgan fingerprint density at radius 3 is 2.81 bits per heavy atom. The number of nitrogens with two attached hydrogens (primary N) is 1. The summed E-state index contributed by atoms with van der Waals surface area (Å²) in [5, 5.41) is 0. The Morgan fingerprint density at radius 2 is 2.19 bits per heavy atom. The molecule has 0 aromatic heterocycles. The predicted octanol–water partition coefficient (Wildman–Crippen LogP) is 2.58. The normalized spacial score (nSPS) is 21.8. The summed E-state index contributed by atoms with van der Waals surface area (Å²) in [6.07, 6.45) is 0.940. The molecule has 1 fully saturated rings. The Kier molecular flexibility index (Phi) is 5.25. The fraction of sp³-hybridized carbons (Fsp3) is 0.647. The van der Waals surface area contributed by atoms with Crippen molar-refractivity contribution < 1.29 is 9.47 Å². The summed E-state index contributed by atoms with van der Waals surface area (Å²) >= 11 is 0. The van der Waals surface area contributed by atoms with E-state index < -0.39 is 0 Å². The summed E-state index contributed by atoms with van der Waals surface area (Å²) in [6, 6.07) is 8.54. The largest absolute Gasteiger partial charge is 0.497 e. The molecule has 4 nitrogen and oxygen atoms in total. The lowest BCUT2D eigenvalue weighted by atomic mass is 9.90. The highest BCUT2D eigenvalue weighted by Gasteiger charge is 2.38. The number of nitrogens with zero attached hydrogens (tertiary/aromatic N) is 1. The van der Waals surface area contributed by atoms with Crippen LogP contribution in [0, 0.1) is 0 Å². The van der Waals surface area contributed by atoms with Crippen molar-refractivity contribution in [1.82, 2.24) is 4.90 Å². The molecular formula is C17H28N2O2. The van der Waals surface area contributed by atoms with Crippen LogP contribution >= 0.6 is 0 Å². The van der Waals surface area contributed by atoms with Gasteiger partial charge in [0, 0.05) is 18.1 Å². The summed E-state index contributed by atoms with van der Waals surface area (Å²) in [4.78, 5) is 2.49. The van der Waals surface area contributed by atoms with Crippen LogP contribution in [0.4, 0.5) is 0 Å². The molecule has 1 heterocycles. The molecule has 2 unspecified atom stereocenters. The molecule has 21 heavy (non-hydrogen) atoms. The number of hydrogen-bond donors (Lipinski definition) is 1. The van der Waals surface area contributed by atoms with Crippen molar-refractivity contribution in [2.24, 2.45) is 5.73 Å². The van der Waals surface area contributed by atoms with E-state index in [2.05, 4.69) is 37.8 Å². The summed E-state index contributed by atoms with van der Waals surface area (Å²) in [5.74, 6) is 0.881. The molecule has 1 saturated heterocycles. The fourth-order valence-corrected chi connectivity index (χ4v) is 3.09. The van der Waals surface area contributed by atoms with Gasteiger partial charge in [-0.25, -0.2) is 0 Å². The van der Waals surface area contributed by atoms with Crippen molar-refractivity contribution >= 4 is 0 Å². The van der Waals surface area contributed by atoms with E-state index in [1.807, 2.05) is 12.1 Å². The van der Waals surface area contributed by atoms with Gasteiger partial charge in [0.05, 0.1) is 26.4 Å². The van der Waals surface area contributed by atoms with Crippen molar-refractivity contribution in [2.45, 2.75) is 44.8 Å². The molecule has 1 aromatic rings. The number of hydrogen-bond acceptors (Lipinski definition) is 4. The number of rotatable bonds is 5. The van der Waals surface area contributed by atoms with Crippen molar-refractivity contribution in [3.8, 4) is 5.75 Å². The topological polar surface area (TPSA) is 47.7 Å². The minimum Gasteiger partial charge on any atom is -0.497 e. The first-order valence-electron chi connectivity index (χ1n) is 7.73. The molecule has 1 aliphatic rings. The van der Waals surface area contributed by atoms with Crippen molar-refractivity contribution in [2.75, 3.05) is 26.9 Å². The molecule has 0 amide bonds. The van der Waals surface area contributed by atoms with Gasteiger partial charge in [0.15, 0.2) is 0 Å². The average molecular weight is 292 g/mol. The third-order valence-electron chi connectivity index (χ3n) is 4.36. The average Bonchev–Trinajstić information content (AvgIpc) is 2.49. The van der Waals surface area contributed by atoms with Crippen LogP contribution in [0.5, 0.6) is 5.75 Å². The molecule has 0 spiro atoms. The van der Waals surface area contributed by atoms with Crippen molar-refractivity contribution in [1.29, 1.82) is 0 Å². The molecule has 4 heteroatoms. The molecular weight excluding hydrogens is 264 g/mol. The highest BCUT2D eigenvalue weighted by Crippen LogP contribution is 2.34. The molecule has 2 N–H and O–H groups in total. The van der Waals surface area contributed by atoms with Crippen molar-refractivity contribution in [3.05, 3.63) is 29.8 Å². The van der Waals surface area contributed by atoms with E-state index in [-0.39, 0.29) is 17.6 Å². The first-order chi connectivity index (χ1) is 9.99. The molecule has 1 aromatic carbocycles. The van der Waals surface area contributed by atoms with Crippen LogP contribution < -0.4 is 10.5 Å². The van der Waals surface area contributed by atoms with Crippen LogP contribution in [0.3, 0.4) is 0 Å². The van der Waals surface area contributed by atoms with Gasteiger partial charge in [0.25, 0.3) is 0 Å². The second-order valence-corrected chi connectivity index (χ2v) is 6.35. The molecule has 2 rings (SSSR count). The minimum absolute atomic E-state index is 0.0151. The molecule has 2 atom stereocenters. The van der Waals surface area contributed by atoms with E-state index in [9.17, 15) is 0 Å². The third kappa shape index (κ3) is 3.57. The van der Waals surface area contributed by atoms with Gasteiger partial charge in [0.1, 0.15) is 5.75 Å². The van der Waals surface area contributed by atoms with Gasteiger partial charge in [-0.05, 0) is 38.0 Å². The van der Waals surface area contributed by atoms with E-state index in [0.717, 1.165) is 31.9 Å². The Bertz CT molecular complexity index is 462. The van der Waals surface area contributed by atoms with Gasteiger partial charge in [0.2, 0.25) is 0 Å². The highest BCUT2D eigenvalue weighted by molar-refractivity contribution is 5.31. The molecule has 1 aliphatic heterocycles. The lowest BCUT2D eigenvalue weighted by Crippen LogP contribution is -2.57. The standard InChI is InChI=1S/C17H28N2O2/c1-5-15(18)16(13-7-6-8-14(11-13)20-4)19-9-10-21-12-17(19,2)3/h6-8,11,15-16H,5,9-10,12,18H2,1-4H3. The second-order valence-electron chi connectivity index (χ2n) is 6.35. The summed E-state index contributed by atoms with van der Waals surface area (Å²) in [5.41, 5.74) is 7.68. The summed E-state index contributed by atoms with van der Waals surface area (Å²) < 4.78 is 11.0. The first-order valence-corrected chi connectivity index (χ1v) is 7.73. The second kappa shape index (κ2) is 6.77. The van der Waals surface area contributed by atoms with Crippen LogP contribution in [0.15, 0.2) is 24.3 Å². The molecule has 0 saturated carbocycles. The number of methoxy groups -OCH3 is 1. The first kappa shape index (κ1) is 16.3. The van der Waals surface area contributed by atoms with E-state index in [1.165, 1.54) is 5.56 Å². The molecule has 0 bridgehead atoms. The van der Waals surface area contributed by atoms with E-state index in [1.54, 1.807) is 7.11 Å². The zero-order valence-corrected chi connectivity index (χ0v) is 13.6. The van der Waals surface area contributed by atoms with Gasteiger partial charge in [-0.2, -0.15) is 0 Å². The van der Waals surface area contributed by atoms with Gasteiger partial charge >= 0.3 is 0 Å².